The van der Waals surface area contributed by atoms with Crippen LogP contribution in [0.3, 0.4) is 0 Å². The van der Waals surface area contributed by atoms with Crippen molar-refractivity contribution in [3.8, 4) is 0 Å². The number of aromatic carboxylic acids is 1. The SMILES string of the molecule is CNCC(=Cc1cc(C)c(C(=O)O)c(C)c1)B1OC(C)(C)C(C)(C)O1. The summed E-state index contributed by atoms with van der Waals surface area (Å²) in [5.74, 6) is -0.896. The van der Waals surface area contributed by atoms with Crippen molar-refractivity contribution in [3.05, 3.63) is 39.9 Å². The Kier molecular flexibility index (Phi) is 5.47. The Labute approximate surface area is 150 Å². The van der Waals surface area contributed by atoms with Crippen LogP contribution in [0.15, 0.2) is 17.6 Å². The van der Waals surface area contributed by atoms with Crippen LogP contribution in [0.25, 0.3) is 6.08 Å². The lowest BCUT2D eigenvalue weighted by Crippen LogP contribution is -2.41. The van der Waals surface area contributed by atoms with Crippen LogP contribution in [0.4, 0.5) is 0 Å². The second kappa shape index (κ2) is 6.94. The van der Waals surface area contributed by atoms with E-state index in [0.717, 1.165) is 22.2 Å². The van der Waals surface area contributed by atoms with Crippen LogP contribution in [0.5, 0.6) is 0 Å². The summed E-state index contributed by atoms with van der Waals surface area (Å²) >= 11 is 0. The first-order valence-corrected chi connectivity index (χ1v) is 8.54. The van der Waals surface area contributed by atoms with E-state index >= 15 is 0 Å². The van der Waals surface area contributed by atoms with E-state index in [1.54, 1.807) is 0 Å². The number of carboxylic acid groups (broad SMARTS) is 1. The van der Waals surface area contributed by atoms with Crippen LogP contribution in [0.2, 0.25) is 0 Å². The molecule has 5 nitrogen and oxygen atoms in total. The molecule has 1 fully saturated rings. The van der Waals surface area contributed by atoms with Gasteiger partial charge in [0.1, 0.15) is 0 Å². The summed E-state index contributed by atoms with van der Waals surface area (Å²) in [4.78, 5) is 11.4. The van der Waals surface area contributed by atoms with Crippen molar-refractivity contribution in [1.29, 1.82) is 0 Å². The monoisotopic (exact) mass is 345 g/mol. The molecule has 0 radical (unpaired) electrons. The van der Waals surface area contributed by atoms with Crippen LogP contribution in [-0.2, 0) is 9.31 Å². The van der Waals surface area contributed by atoms with Gasteiger partial charge in [0.2, 0.25) is 0 Å². The second-order valence-electron chi connectivity index (χ2n) is 7.67. The maximum Gasteiger partial charge on any atom is 0.491 e. The van der Waals surface area contributed by atoms with Gasteiger partial charge in [-0.15, -0.1) is 0 Å². The summed E-state index contributed by atoms with van der Waals surface area (Å²) in [6, 6.07) is 3.77. The Hall–Kier alpha value is -1.63. The average molecular weight is 345 g/mol. The van der Waals surface area contributed by atoms with Gasteiger partial charge in [-0.1, -0.05) is 18.2 Å². The molecule has 136 valence electrons. The Morgan fingerprint density at radius 1 is 1.16 bits per heavy atom. The molecule has 1 aromatic carbocycles. The predicted octanol–water partition coefficient (Wildman–Crippen LogP) is 3.24. The van der Waals surface area contributed by atoms with Crippen molar-refractivity contribution in [2.75, 3.05) is 13.6 Å². The molecule has 1 saturated heterocycles. The molecule has 2 rings (SSSR count). The Bertz CT molecular complexity index is 670. The maximum absolute atomic E-state index is 11.4. The van der Waals surface area contributed by atoms with Crippen molar-refractivity contribution in [2.24, 2.45) is 0 Å². The highest BCUT2D eigenvalue weighted by Crippen LogP contribution is 2.38. The lowest BCUT2D eigenvalue weighted by atomic mass is 9.76. The zero-order valence-corrected chi connectivity index (χ0v) is 16.2. The molecule has 0 aromatic heterocycles. The molecule has 0 bridgehead atoms. The van der Waals surface area contributed by atoms with Crippen molar-refractivity contribution in [2.45, 2.75) is 52.7 Å². The standard InChI is InChI=1S/C19H28BNO4/c1-12-8-14(9-13(2)16(12)17(22)23)10-15(11-21-7)20-24-18(3,4)19(5,6)25-20/h8-10,21H,11H2,1-7H3,(H,22,23). The molecule has 1 aliphatic rings. The summed E-state index contributed by atoms with van der Waals surface area (Å²) in [6.07, 6.45) is 2.02. The van der Waals surface area contributed by atoms with E-state index in [2.05, 4.69) is 5.32 Å². The van der Waals surface area contributed by atoms with Gasteiger partial charge in [-0.05, 0) is 70.8 Å². The van der Waals surface area contributed by atoms with Crippen molar-refractivity contribution >= 4 is 19.2 Å². The van der Waals surface area contributed by atoms with Gasteiger partial charge >= 0.3 is 13.1 Å². The fourth-order valence-electron chi connectivity index (χ4n) is 3.03. The van der Waals surface area contributed by atoms with Gasteiger partial charge in [-0.25, -0.2) is 4.79 Å². The van der Waals surface area contributed by atoms with E-state index in [0.29, 0.717) is 12.1 Å². The summed E-state index contributed by atoms with van der Waals surface area (Å²) in [6.45, 7) is 12.4. The van der Waals surface area contributed by atoms with Crippen LogP contribution in [0.1, 0.15) is 54.7 Å². The molecule has 1 heterocycles. The third kappa shape index (κ3) is 3.97. The smallest absolute Gasteiger partial charge is 0.478 e. The van der Waals surface area contributed by atoms with E-state index in [1.807, 2.05) is 66.8 Å². The number of hydrogen-bond acceptors (Lipinski definition) is 4. The van der Waals surface area contributed by atoms with Gasteiger partial charge in [0, 0.05) is 6.54 Å². The second-order valence-corrected chi connectivity index (χ2v) is 7.67. The number of hydrogen-bond donors (Lipinski definition) is 2. The average Bonchev–Trinajstić information content (AvgIpc) is 2.65. The molecular formula is C19H28BNO4. The molecular weight excluding hydrogens is 317 g/mol. The number of nitrogens with one attached hydrogen (secondary N) is 1. The van der Waals surface area contributed by atoms with Gasteiger partial charge in [-0.2, -0.15) is 0 Å². The minimum Gasteiger partial charge on any atom is -0.478 e. The maximum atomic E-state index is 11.4. The minimum absolute atomic E-state index is 0.364. The summed E-state index contributed by atoms with van der Waals surface area (Å²) in [5, 5.41) is 12.5. The molecule has 25 heavy (non-hydrogen) atoms. The topological polar surface area (TPSA) is 67.8 Å². The van der Waals surface area contributed by atoms with Crippen molar-refractivity contribution in [1.82, 2.24) is 5.32 Å². The van der Waals surface area contributed by atoms with Gasteiger partial charge in [0.15, 0.2) is 0 Å². The lowest BCUT2D eigenvalue weighted by molar-refractivity contribution is 0.00578. The van der Waals surface area contributed by atoms with Crippen LogP contribution >= 0.6 is 0 Å². The first-order chi connectivity index (χ1) is 11.5. The fourth-order valence-corrected chi connectivity index (χ4v) is 3.03. The van der Waals surface area contributed by atoms with Gasteiger partial charge in [0.25, 0.3) is 0 Å². The van der Waals surface area contributed by atoms with E-state index in [4.69, 9.17) is 9.31 Å². The number of carbonyl (C=O) groups is 1. The number of likely N-dealkylation sites (N-methyl/N-ethyl adjacent to an activating group) is 1. The number of benzene rings is 1. The lowest BCUT2D eigenvalue weighted by Gasteiger charge is -2.32. The van der Waals surface area contributed by atoms with E-state index in [-0.39, 0.29) is 0 Å². The summed E-state index contributed by atoms with van der Waals surface area (Å²) in [7, 11) is 1.44. The Balaban J connectivity index is 2.40. The van der Waals surface area contributed by atoms with E-state index in [1.165, 1.54) is 0 Å². The molecule has 0 atom stereocenters. The predicted molar refractivity (Wildman–Crippen MR) is 101 cm³/mol. The molecule has 0 saturated carbocycles. The number of carboxylic acids is 1. The van der Waals surface area contributed by atoms with Crippen molar-refractivity contribution < 1.29 is 19.2 Å². The molecule has 0 aliphatic carbocycles. The van der Waals surface area contributed by atoms with Gasteiger partial charge in [0.05, 0.1) is 16.8 Å². The van der Waals surface area contributed by atoms with Crippen molar-refractivity contribution in [3.63, 3.8) is 0 Å². The van der Waals surface area contributed by atoms with Crippen LogP contribution in [0, 0.1) is 13.8 Å². The molecule has 0 amide bonds. The van der Waals surface area contributed by atoms with E-state index in [9.17, 15) is 9.90 Å². The zero-order chi connectivity index (χ0) is 19.0. The van der Waals surface area contributed by atoms with E-state index < -0.39 is 24.3 Å². The molecule has 0 spiro atoms. The molecule has 2 N–H and O–H groups in total. The molecule has 1 aromatic rings. The quantitative estimate of drug-likeness (QED) is 0.802. The van der Waals surface area contributed by atoms with Gasteiger partial charge in [-0.3, -0.25) is 0 Å². The highest BCUT2D eigenvalue weighted by atomic mass is 16.7. The fraction of sp³-hybridized carbons (Fsp3) is 0.526. The highest BCUT2D eigenvalue weighted by molar-refractivity contribution is 6.55. The minimum atomic E-state index is -0.896. The summed E-state index contributed by atoms with van der Waals surface area (Å²) in [5.41, 5.74) is 2.98. The molecule has 0 unspecified atom stereocenters. The number of rotatable bonds is 5. The summed E-state index contributed by atoms with van der Waals surface area (Å²) < 4.78 is 12.3. The highest BCUT2D eigenvalue weighted by Gasteiger charge is 2.52. The molecule has 1 aliphatic heterocycles. The zero-order valence-electron chi connectivity index (χ0n) is 16.2. The third-order valence-electron chi connectivity index (χ3n) is 5.06. The Morgan fingerprint density at radius 3 is 2.04 bits per heavy atom. The van der Waals surface area contributed by atoms with Crippen LogP contribution < -0.4 is 5.32 Å². The first-order valence-electron chi connectivity index (χ1n) is 8.54. The first kappa shape index (κ1) is 19.7. The largest absolute Gasteiger partial charge is 0.491 e. The van der Waals surface area contributed by atoms with Crippen LogP contribution in [-0.4, -0.2) is 43.0 Å². The third-order valence-corrected chi connectivity index (χ3v) is 5.06. The van der Waals surface area contributed by atoms with Gasteiger partial charge < -0.3 is 19.7 Å². The Morgan fingerprint density at radius 2 is 1.64 bits per heavy atom. The normalized spacial score (nSPS) is 19.3. The molecule has 6 heteroatoms. The number of aryl methyl sites for hydroxylation is 2.